The van der Waals surface area contributed by atoms with Crippen molar-refractivity contribution in [3.63, 3.8) is 0 Å². The molecule has 2 rings (SSSR count). The molecule has 106 valence electrons. The van der Waals surface area contributed by atoms with Crippen LogP contribution in [0.5, 0.6) is 0 Å². The van der Waals surface area contributed by atoms with Crippen LogP contribution in [0, 0.1) is 6.92 Å². The summed E-state index contributed by atoms with van der Waals surface area (Å²) < 4.78 is 51.8. The molecule has 1 fully saturated rings. The molecule has 1 aromatic carbocycles. The van der Waals surface area contributed by atoms with Gasteiger partial charge in [0.15, 0.2) is 9.84 Å². The van der Waals surface area contributed by atoms with Crippen LogP contribution in [-0.4, -0.2) is 19.6 Å². The van der Waals surface area contributed by atoms with Crippen LogP contribution in [-0.2, 0) is 9.84 Å². The number of sulfone groups is 1. The number of rotatable bonds is 2. The van der Waals surface area contributed by atoms with Crippen LogP contribution >= 0.6 is 15.9 Å². The van der Waals surface area contributed by atoms with Gasteiger partial charge in [0.2, 0.25) is 5.92 Å². The van der Waals surface area contributed by atoms with Crippen molar-refractivity contribution in [3.05, 3.63) is 28.2 Å². The summed E-state index contributed by atoms with van der Waals surface area (Å²) in [6.07, 6.45) is -0.617. The van der Waals surface area contributed by atoms with Gasteiger partial charge in [-0.2, -0.15) is 0 Å². The van der Waals surface area contributed by atoms with Crippen molar-refractivity contribution >= 4 is 25.8 Å². The molecule has 0 aliphatic heterocycles. The highest BCUT2D eigenvalue weighted by atomic mass is 79.9. The summed E-state index contributed by atoms with van der Waals surface area (Å²) in [4.78, 5) is 0.225. The fourth-order valence-electron chi connectivity index (χ4n) is 2.31. The van der Waals surface area contributed by atoms with Gasteiger partial charge in [-0.15, -0.1) is 0 Å². The lowest BCUT2D eigenvalue weighted by Gasteiger charge is -2.28. The fraction of sp³-hybridized carbons (Fsp3) is 0.538. The fourth-order valence-corrected chi connectivity index (χ4v) is 4.40. The molecule has 0 spiro atoms. The zero-order valence-corrected chi connectivity index (χ0v) is 12.9. The van der Waals surface area contributed by atoms with Crippen LogP contribution in [0.2, 0.25) is 0 Å². The van der Waals surface area contributed by atoms with Crippen molar-refractivity contribution in [1.82, 2.24) is 0 Å². The van der Waals surface area contributed by atoms with E-state index in [0.29, 0.717) is 0 Å². The highest BCUT2D eigenvalue weighted by Crippen LogP contribution is 2.37. The normalized spacial score (nSPS) is 20.4. The first-order valence-corrected chi connectivity index (χ1v) is 8.44. The zero-order chi connectivity index (χ0) is 14.3. The third-order valence-corrected chi connectivity index (χ3v) is 6.71. The lowest BCUT2D eigenvalue weighted by molar-refractivity contribution is -0.0328. The Kier molecular flexibility index (Phi) is 4.02. The highest BCUT2D eigenvalue weighted by molar-refractivity contribution is 9.10. The Morgan fingerprint density at radius 2 is 1.84 bits per heavy atom. The van der Waals surface area contributed by atoms with Crippen LogP contribution in [0.25, 0.3) is 0 Å². The maximum Gasteiger partial charge on any atom is 0.248 e. The summed E-state index contributed by atoms with van der Waals surface area (Å²) in [7, 11) is -3.51. The van der Waals surface area contributed by atoms with E-state index in [-0.39, 0.29) is 30.6 Å². The van der Waals surface area contributed by atoms with E-state index in [9.17, 15) is 17.2 Å². The van der Waals surface area contributed by atoms with Gasteiger partial charge in [0.1, 0.15) is 0 Å². The van der Waals surface area contributed by atoms with Crippen molar-refractivity contribution in [3.8, 4) is 0 Å². The number of halogens is 3. The molecule has 0 saturated heterocycles. The van der Waals surface area contributed by atoms with Crippen molar-refractivity contribution in [2.75, 3.05) is 0 Å². The summed E-state index contributed by atoms with van der Waals surface area (Å²) in [6, 6.07) is 4.80. The van der Waals surface area contributed by atoms with Crippen LogP contribution < -0.4 is 0 Å². The third-order valence-electron chi connectivity index (χ3n) is 3.56. The van der Waals surface area contributed by atoms with Crippen LogP contribution in [0.1, 0.15) is 31.2 Å². The van der Waals surface area contributed by atoms with E-state index in [0.717, 1.165) is 10.0 Å². The van der Waals surface area contributed by atoms with Gasteiger partial charge in [0.25, 0.3) is 0 Å². The van der Waals surface area contributed by atoms with E-state index in [1.54, 1.807) is 19.1 Å². The molecule has 0 bridgehead atoms. The number of hydrogen-bond donors (Lipinski definition) is 0. The quantitative estimate of drug-likeness (QED) is 0.802. The van der Waals surface area contributed by atoms with E-state index >= 15 is 0 Å². The van der Waals surface area contributed by atoms with Crippen molar-refractivity contribution in [2.24, 2.45) is 0 Å². The Morgan fingerprint density at radius 3 is 2.37 bits per heavy atom. The summed E-state index contributed by atoms with van der Waals surface area (Å²) in [6.45, 7) is 1.80. The average molecular weight is 353 g/mol. The van der Waals surface area contributed by atoms with Gasteiger partial charge < -0.3 is 0 Å². The second kappa shape index (κ2) is 5.13. The maximum absolute atomic E-state index is 13.1. The zero-order valence-electron chi connectivity index (χ0n) is 10.5. The molecular weight excluding hydrogens is 338 g/mol. The van der Waals surface area contributed by atoms with E-state index < -0.39 is 21.0 Å². The number of alkyl halides is 2. The topological polar surface area (TPSA) is 34.1 Å². The minimum atomic E-state index is -3.51. The standard InChI is InChI=1S/C13H15BrF2O2S/c1-9-8-11(2-3-12(9)14)19(17,18)10-4-6-13(15,16)7-5-10/h2-3,8,10H,4-7H2,1H3. The molecule has 0 radical (unpaired) electrons. The molecule has 0 atom stereocenters. The van der Waals surface area contributed by atoms with Gasteiger partial charge in [0, 0.05) is 17.3 Å². The van der Waals surface area contributed by atoms with E-state index in [4.69, 9.17) is 0 Å². The molecule has 19 heavy (non-hydrogen) atoms. The van der Waals surface area contributed by atoms with Crippen LogP contribution in [0.4, 0.5) is 8.78 Å². The predicted molar refractivity (Wildman–Crippen MR) is 73.3 cm³/mol. The van der Waals surface area contributed by atoms with Crippen molar-refractivity contribution in [2.45, 2.75) is 48.7 Å². The van der Waals surface area contributed by atoms with Crippen molar-refractivity contribution in [1.29, 1.82) is 0 Å². The van der Waals surface area contributed by atoms with Gasteiger partial charge in [-0.3, -0.25) is 0 Å². The minimum Gasteiger partial charge on any atom is -0.223 e. The molecule has 0 heterocycles. The molecule has 6 heteroatoms. The van der Waals surface area contributed by atoms with Gasteiger partial charge in [-0.05, 0) is 43.5 Å². The molecule has 0 aromatic heterocycles. The first-order chi connectivity index (χ1) is 8.72. The molecule has 1 aromatic rings. The Morgan fingerprint density at radius 1 is 1.26 bits per heavy atom. The van der Waals surface area contributed by atoms with Gasteiger partial charge in [0.05, 0.1) is 10.1 Å². The largest absolute Gasteiger partial charge is 0.248 e. The Balaban J connectivity index is 2.25. The number of hydrogen-bond acceptors (Lipinski definition) is 2. The average Bonchev–Trinajstić information content (AvgIpc) is 2.32. The van der Waals surface area contributed by atoms with E-state index in [1.165, 1.54) is 6.07 Å². The second-order valence-electron chi connectivity index (χ2n) is 5.01. The van der Waals surface area contributed by atoms with Crippen molar-refractivity contribution < 1.29 is 17.2 Å². The van der Waals surface area contributed by atoms with E-state index in [1.807, 2.05) is 0 Å². The molecule has 1 aliphatic rings. The third kappa shape index (κ3) is 3.16. The molecular formula is C13H15BrF2O2S. The Labute approximate surface area is 120 Å². The lowest BCUT2D eigenvalue weighted by atomic mass is 9.96. The minimum absolute atomic E-state index is 0.0322. The molecule has 1 saturated carbocycles. The molecule has 0 N–H and O–H groups in total. The maximum atomic E-state index is 13.1. The SMILES string of the molecule is Cc1cc(S(=O)(=O)C2CCC(F)(F)CC2)ccc1Br. The van der Waals surface area contributed by atoms with Gasteiger partial charge in [-0.1, -0.05) is 15.9 Å². The monoisotopic (exact) mass is 352 g/mol. The first-order valence-electron chi connectivity index (χ1n) is 6.10. The highest BCUT2D eigenvalue weighted by Gasteiger charge is 2.40. The molecule has 1 aliphatic carbocycles. The van der Waals surface area contributed by atoms with Gasteiger partial charge in [-0.25, -0.2) is 17.2 Å². The smallest absolute Gasteiger partial charge is 0.223 e. The van der Waals surface area contributed by atoms with Crippen LogP contribution in [0.15, 0.2) is 27.6 Å². The summed E-state index contributed by atoms with van der Waals surface area (Å²) in [5, 5.41) is -0.687. The summed E-state index contributed by atoms with van der Waals surface area (Å²) in [5.74, 6) is -2.71. The first kappa shape index (κ1) is 14.9. The number of aryl methyl sites for hydroxylation is 1. The summed E-state index contributed by atoms with van der Waals surface area (Å²) in [5.41, 5.74) is 0.821. The molecule has 0 unspecified atom stereocenters. The second-order valence-corrected chi connectivity index (χ2v) is 8.09. The molecule has 2 nitrogen and oxygen atoms in total. The molecule has 0 amide bonds. The lowest BCUT2D eigenvalue weighted by Crippen LogP contribution is -2.32. The Bertz CT molecular complexity index is 574. The van der Waals surface area contributed by atoms with E-state index in [2.05, 4.69) is 15.9 Å². The predicted octanol–water partition coefficient (Wildman–Crippen LogP) is 4.11. The Hall–Kier alpha value is -0.490. The van der Waals surface area contributed by atoms with Gasteiger partial charge >= 0.3 is 0 Å². The van der Waals surface area contributed by atoms with Crippen LogP contribution in [0.3, 0.4) is 0 Å². The number of benzene rings is 1. The summed E-state index contributed by atoms with van der Waals surface area (Å²) >= 11 is 3.31.